The Hall–Kier alpha value is -4.17. The molecule has 2 aliphatic heterocycles. The maximum Gasteiger partial charge on any atom is 0.354 e. The Morgan fingerprint density at radius 1 is 1.14 bits per heavy atom. The van der Waals surface area contributed by atoms with E-state index in [1.165, 1.54) is 6.07 Å². The summed E-state index contributed by atoms with van der Waals surface area (Å²) < 4.78 is 10.8. The number of fused-ring (bicyclic) bond motifs is 2. The van der Waals surface area contributed by atoms with Crippen molar-refractivity contribution >= 4 is 18.0 Å². The fourth-order valence-corrected chi connectivity index (χ4v) is 4.70. The summed E-state index contributed by atoms with van der Waals surface area (Å²) in [5.41, 5.74) is 4.01. The number of aliphatic hydroxyl groups excluding tert-OH is 1. The number of rotatable bonds is 6. The van der Waals surface area contributed by atoms with Crippen LogP contribution in [0.2, 0.25) is 0 Å². The number of allylic oxidation sites excluding steroid dienone is 1. The van der Waals surface area contributed by atoms with Crippen LogP contribution in [0.3, 0.4) is 0 Å². The number of hydrogen-bond acceptors (Lipinski definition) is 6. The number of benzene rings is 2. The molecular formula is C27H24N2O6. The van der Waals surface area contributed by atoms with Crippen molar-refractivity contribution in [1.29, 1.82) is 0 Å². The van der Waals surface area contributed by atoms with Gasteiger partial charge in [-0.25, -0.2) is 9.78 Å². The largest absolute Gasteiger partial charge is 0.477 e. The molecular weight excluding hydrogens is 448 g/mol. The van der Waals surface area contributed by atoms with Crippen molar-refractivity contribution in [3.05, 3.63) is 82.6 Å². The predicted molar refractivity (Wildman–Crippen MR) is 128 cm³/mol. The van der Waals surface area contributed by atoms with E-state index in [2.05, 4.69) is 4.98 Å². The molecule has 0 fully saturated rings. The van der Waals surface area contributed by atoms with E-state index in [4.69, 9.17) is 9.47 Å². The summed E-state index contributed by atoms with van der Waals surface area (Å²) in [5, 5.41) is 19.6. The van der Waals surface area contributed by atoms with Gasteiger partial charge < -0.3 is 24.6 Å². The van der Waals surface area contributed by atoms with Gasteiger partial charge in [0.05, 0.1) is 11.7 Å². The minimum atomic E-state index is -1.14. The lowest BCUT2D eigenvalue weighted by atomic mass is 9.94. The van der Waals surface area contributed by atoms with E-state index >= 15 is 0 Å². The van der Waals surface area contributed by atoms with Gasteiger partial charge >= 0.3 is 5.97 Å². The molecule has 8 heteroatoms. The quantitative estimate of drug-likeness (QED) is 0.551. The molecule has 2 aromatic carbocycles. The van der Waals surface area contributed by atoms with Crippen LogP contribution in [0.25, 0.3) is 17.3 Å². The zero-order valence-corrected chi connectivity index (χ0v) is 19.1. The number of carbonyl (C=O) groups is 2. The molecule has 5 rings (SSSR count). The summed E-state index contributed by atoms with van der Waals surface area (Å²) in [4.78, 5) is 31.6. The topological polar surface area (TPSA) is 109 Å². The second-order valence-electron chi connectivity index (χ2n) is 8.39. The van der Waals surface area contributed by atoms with Crippen LogP contribution in [-0.2, 0) is 6.54 Å². The number of amides is 1. The summed E-state index contributed by atoms with van der Waals surface area (Å²) in [6, 6.07) is 13.7. The van der Waals surface area contributed by atoms with E-state index in [1.807, 2.05) is 43.3 Å². The van der Waals surface area contributed by atoms with Crippen molar-refractivity contribution in [3.8, 4) is 22.8 Å². The Morgan fingerprint density at radius 3 is 2.74 bits per heavy atom. The molecule has 0 saturated carbocycles. The van der Waals surface area contributed by atoms with Gasteiger partial charge in [0, 0.05) is 29.8 Å². The Bertz CT molecular complexity index is 1350. The Balaban J connectivity index is 1.61. The number of aliphatic hydroxyl groups is 1. The van der Waals surface area contributed by atoms with Gasteiger partial charge in [0.15, 0.2) is 11.5 Å². The zero-order chi connectivity index (χ0) is 24.5. The third-order valence-corrected chi connectivity index (χ3v) is 6.22. The number of pyridine rings is 1. The number of carboxylic acid groups (broad SMARTS) is 1. The van der Waals surface area contributed by atoms with Gasteiger partial charge in [-0.1, -0.05) is 30.4 Å². The van der Waals surface area contributed by atoms with Crippen molar-refractivity contribution < 1.29 is 29.3 Å². The molecule has 2 aliphatic rings. The first-order valence-corrected chi connectivity index (χ1v) is 11.3. The van der Waals surface area contributed by atoms with Crippen molar-refractivity contribution in [3.63, 3.8) is 0 Å². The van der Waals surface area contributed by atoms with Gasteiger partial charge in [-0.3, -0.25) is 4.79 Å². The molecule has 178 valence electrons. The normalized spacial score (nSPS) is 16.1. The van der Waals surface area contributed by atoms with E-state index in [0.29, 0.717) is 34.7 Å². The first-order valence-electron chi connectivity index (χ1n) is 11.3. The second kappa shape index (κ2) is 9.23. The van der Waals surface area contributed by atoms with Crippen LogP contribution in [-0.4, -0.2) is 45.4 Å². The van der Waals surface area contributed by atoms with Crippen molar-refractivity contribution in [2.45, 2.75) is 25.9 Å². The van der Waals surface area contributed by atoms with E-state index < -0.39 is 12.0 Å². The molecule has 0 bridgehead atoms. The number of carbonyl (C=O) groups excluding carboxylic acids is 1. The number of carboxylic acids is 1. The monoisotopic (exact) mass is 472 g/mol. The van der Waals surface area contributed by atoms with Crippen molar-refractivity contribution in [2.75, 3.05) is 13.4 Å². The molecule has 0 spiro atoms. The average molecular weight is 472 g/mol. The second-order valence-corrected chi connectivity index (χ2v) is 8.39. The molecule has 0 aliphatic carbocycles. The molecule has 0 unspecified atom stereocenters. The first kappa shape index (κ1) is 22.6. The predicted octanol–water partition coefficient (Wildman–Crippen LogP) is 4.29. The maximum atomic E-state index is 13.6. The number of aromatic nitrogens is 1. The molecule has 2 N–H and O–H groups in total. The third kappa shape index (κ3) is 4.13. The van der Waals surface area contributed by atoms with Gasteiger partial charge in [-0.15, -0.1) is 0 Å². The van der Waals surface area contributed by atoms with Gasteiger partial charge in [0.25, 0.3) is 5.91 Å². The van der Waals surface area contributed by atoms with Gasteiger partial charge in [-0.05, 0) is 54.8 Å². The highest BCUT2D eigenvalue weighted by Gasteiger charge is 2.37. The molecule has 3 heterocycles. The van der Waals surface area contributed by atoms with Crippen LogP contribution in [0.15, 0.2) is 54.6 Å². The first-order chi connectivity index (χ1) is 17.0. The number of hydrogen-bond donors (Lipinski definition) is 2. The van der Waals surface area contributed by atoms with E-state index in [0.717, 1.165) is 16.7 Å². The van der Waals surface area contributed by atoms with E-state index in [1.54, 1.807) is 23.1 Å². The Labute approximate surface area is 202 Å². The maximum absolute atomic E-state index is 13.6. The van der Waals surface area contributed by atoms with Crippen molar-refractivity contribution in [1.82, 2.24) is 9.88 Å². The molecule has 35 heavy (non-hydrogen) atoms. The van der Waals surface area contributed by atoms with Crippen molar-refractivity contribution in [2.24, 2.45) is 0 Å². The molecule has 3 aromatic rings. The number of nitrogens with zero attached hydrogens (tertiary/aromatic N) is 2. The number of ether oxygens (including phenoxy) is 2. The molecule has 0 radical (unpaired) electrons. The smallest absolute Gasteiger partial charge is 0.354 e. The highest BCUT2D eigenvalue weighted by Crippen LogP contribution is 2.43. The molecule has 0 saturated heterocycles. The number of aromatic carboxylic acids is 1. The van der Waals surface area contributed by atoms with Crippen LogP contribution in [0.5, 0.6) is 11.5 Å². The van der Waals surface area contributed by atoms with Gasteiger partial charge in [0.2, 0.25) is 6.79 Å². The fraction of sp³-hybridized carbons (Fsp3) is 0.222. The summed E-state index contributed by atoms with van der Waals surface area (Å²) >= 11 is 0. The van der Waals surface area contributed by atoms with E-state index in [9.17, 15) is 19.8 Å². The van der Waals surface area contributed by atoms with Crippen LogP contribution in [0.4, 0.5) is 0 Å². The molecule has 1 aromatic heterocycles. The van der Waals surface area contributed by atoms with Gasteiger partial charge in [0.1, 0.15) is 5.69 Å². The minimum Gasteiger partial charge on any atom is -0.477 e. The Kier molecular flexibility index (Phi) is 5.96. The lowest BCUT2D eigenvalue weighted by Crippen LogP contribution is -2.30. The summed E-state index contributed by atoms with van der Waals surface area (Å²) in [5.74, 6) is -0.305. The van der Waals surface area contributed by atoms with Gasteiger partial charge in [-0.2, -0.15) is 0 Å². The highest BCUT2D eigenvalue weighted by atomic mass is 16.7. The molecule has 1 atom stereocenters. The average Bonchev–Trinajstić information content (AvgIpc) is 3.48. The SMILES string of the molecule is C/C=C/c1cccc(-c2nc(C(=O)O)cc3c2[C@H](CCO)N(C(=O)c2ccc4c(c2)OCO4)C3)c1. The molecule has 8 nitrogen and oxygen atoms in total. The highest BCUT2D eigenvalue weighted by molar-refractivity contribution is 5.96. The van der Waals surface area contributed by atoms with E-state index in [-0.39, 0.29) is 31.5 Å². The van der Waals surface area contributed by atoms with Crippen LogP contribution in [0, 0.1) is 0 Å². The summed E-state index contributed by atoms with van der Waals surface area (Å²) in [7, 11) is 0. The minimum absolute atomic E-state index is 0.0877. The van der Waals surface area contributed by atoms with Crippen LogP contribution >= 0.6 is 0 Å². The summed E-state index contributed by atoms with van der Waals surface area (Å²) in [6.07, 6.45) is 4.16. The standard InChI is InChI=1S/C27H24N2O6/c1-2-4-16-5-3-6-17(11-16)25-24-19(12-20(28-25)27(32)33)14-29(21(24)9-10-30)26(31)18-7-8-22-23(13-18)35-15-34-22/h2-8,11-13,21,30H,9-10,14-15H2,1H3,(H,32,33)/b4-2+/t21-/m0/s1. The Morgan fingerprint density at radius 2 is 1.97 bits per heavy atom. The lowest BCUT2D eigenvalue weighted by Gasteiger charge is -2.26. The van der Waals surface area contributed by atoms with Crippen LogP contribution < -0.4 is 9.47 Å². The molecule has 1 amide bonds. The lowest BCUT2D eigenvalue weighted by molar-refractivity contribution is 0.0663. The fourth-order valence-electron chi connectivity index (χ4n) is 4.70. The third-order valence-electron chi connectivity index (χ3n) is 6.22. The van der Waals surface area contributed by atoms with Crippen LogP contribution in [0.1, 0.15) is 56.9 Å². The summed E-state index contributed by atoms with van der Waals surface area (Å²) in [6.45, 7) is 2.09. The zero-order valence-electron chi connectivity index (χ0n) is 19.1.